The number of nitrogens with zero attached hydrogens (tertiary/aromatic N) is 6. The number of carboxylic acids is 1. The predicted octanol–water partition coefficient (Wildman–Crippen LogP) is 8.81. The number of rotatable bonds is 15. The fourth-order valence-corrected chi connectivity index (χ4v) is 13.8. The molecule has 13 nitrogen and oxygen atoms in total. The highest BCUT2D eigenvalue weighted by Crippen LogP contribution is 2.64. The molecule has 65 heavy (non-hydrogen) atoms. The summed E-state index contributed by atoms with van der Waals surface area (Å²) < 4.78 is 9.47. The average Bonchev–Trinajstić information content (AvgIpc) is 4.15. The lowest BCUT2D eigenvalue weighted by molar-refractivity contribution is -0.148. The summed E-state index contributed by atoms with van der Waals surface area (Å²) in [5.74, 6) is -0.463. The molecule has 0 unspecified atom stereocenters. The second-order valence-corrected chi connectivity index (χ2v) is 21.5. The quantitative estimate of drug-likeness (QED) is 0.107. The highest BCUT2D eigenvalue weighted by Gasteiger charge is 2.58. The van der Waals surface area contributed by atoms with E-state index in [1.807, 2.05) is 67.6 Å². The molecule has 4 heterocycles. The first-order valence-electron chi connectivity index (χ1n) is 24.0. The number of carbonyl (C=O) groups is 3. The molecule has 346 valence electrons. The van der Waals surface area contributed by atoms with E-state index in [-0.39, 0.29) is 17.2 Å². The number of amides is 2. The lowest BCUT2D eigenvalue weighted by Gasteiger charge is -2.32. The van der Waals surface area contributed by atoms with Crippen molar-refractivity contribution in [2.45, 2.75) is 116 Å². The molecule has 3 N–H and O–H groups in total. The van der Waals surface area contributed by atoms with Gasteiger partial charge in [0.25, 0.3) is 11.8 Å². The molecule has 2 aromatic carbocycles. The average molecular weight is 906 g/mol. The third-order valence-electron chi connectivity index (χ3n) is 17.3. The molecule has 2 aliphatic heterocycles. The number of fused-ring (bicyclic) bond motifs is 6. The van der Waals surface area contributed by atoms with E-state index >= 15 is 0 Å². The number of hydrogen-bond acceptors (Lipinski definition) is 8. The first-order chi connectivity index (χ1) is 31.2. The van der Waals surface area contributed by atoms with Gasteiger partial charge in [0.1, 0.15) is 0 Å². The summed E-state index contributed by atoms with van der Waals surface area (Å²) in [6, 6.07) is 11.4. The molecule has 2 amide bonds. The molecule has 4 aromatic rings. The van der Waals surface area contributed by atoms with Gasteiger partial charge in [-0.3, -0.25) is 24.2 Å². The largest absolute Gasteiger partial charge is 0.481 e. The number of imidazole rings is 2. The highest BCUT2D eigenvalue weighted by molar-refractivity contribution is 6.36. The molecule has 0 radical (unpaired) electrons. The number of benzene rings is 2. The lowest BCUT2D eigenvalue weighted by Crippen LogP contribution is -2.34. The van der Waals surface area contributed by atoms with Crippen LogP contribution in [0.2, 0.25) is 5.02 Å². The van der Waals surface area contributed by atoms with Crippen molar-refractivity contribution in [2.75, 3.05) is 50.5 Å². The first kappa shape index (κ1) is 44.3. The van der Waals surface area contributed by atoms with Gasteiger partial charge in [-0.05, 0) is 143 Å². The van der Waals surface area contributed by atoms with Crippen molar-refractivity contribution in [2.24, 2.45) is 35.8 Å². The fourth-order valence-electron chi connectivity index (χ4n) is 13.5. The Morgan fingerprint density at radius 1 is 0.723 bits per heavy atom. The summed E-state index contributed by atoms with van der Waals surface area (Å²) in [7, 11) is 5.68. The molecule has 0 atom stereocenters. The monoisotopic (exact) mass is 904 g/mol. The summed E-state index contributed by atoms with van der Waals surface area (Å²) in [4.78, 5) is 54.5. The Morgan fingerprint density at radius 2 is 1.26 bits per heavy atom. The maximum Gasteiger partial charge on any atom is 0.309 e. The highest BCUT2D eigenvalue weighted by atomic mass is 35.5. The molecule has 2 aromatic heterocycles. The number of carbonyl (C=O) groups excluding carboxylic acids is 2. The second kappa shape index (κ2) is 16.9. The maximum absolute atomic E-state index is 13.9. The zero-order chi connectivity index (χ0) is 45.3. The Bertz CT molecular complexity index is 2530. The van der Waals surface area contributed by atoms with Crippen LogP contribution in [-0.2, 0) is 49.6 Å². The van der Waals surface area contributed by atoms with Crippen LogP contribution in [0, 0.1) is 28.6 Å². The Balaban J connectivity index is 0.764. The van der Waals surface area contributed by atoms with Gasteiger partial charge in [0.15, 0.2) is 11.6 Å². The van der Waals surface area contributed by atoms with Crippen LogP contribution in [0.5, 0.6) is 0 Å². The minimum Gasteiger partial charge on any atom is -0.481 e. The Hall–Kier alpha value is -4.56. The van der Waals surface area contributed by atoms with E-state index in [4.69, 9.17) is 26.3 Å². The van der Waals surface area contributed by atoms with Crippen LogP contribution in [0.1, 0.15) is 133 Å². The fraction of sp³-hybridized carbons (Fsp3) is 0.588. The van der Waals surface area contributed by atoms with E-state index < -0.39 is 11.4 Å². The summed E-state index contributed by atoms with van der Waals surface area (Å²) >= 11 is 7.11. The molecule has 10 rings (SSSR count). The second-order valence-electron chi connectivity index (χ2n) is 21.1. The molecule has 4 fully saturated rings. The smallest absolute Gasteiger partial charge is 0.309 e. The minimum absolute atomic E-state index is 0.144. The minimum atomic E-state index is -0.617. The van der Waals surface area contributed by atoms with Crippen LogP contribution in [-0.4, -0.2) is 91.7 Å². The number of aliphatic carboxylic acids is 1. The van der Waals surface area contributed by atoms with Crippen LogP contribution in [0.15, 0.2) is 36.4 Å². The molecule has 0 spiro atoms. The van der Waals surface area contributed by atoms with Crippen LogP contribution in [0.3, 0.4) is 0 Å². The van der Waals surface area contributed by atoms with E-state index in [1.54, 1.807) is 6.07 Å². The lowest BCUT2D eigenvalue weighted by atomic mass is 9.79. The van der Waals surface area contributed by atoms with Crippen molar-refractivity contribution in [3.05, 3.63) is 81.4 Å². The van der Waals surface area contributed by atoms with Gasteiger partial charge in [-0.15, -0.1) is 0 Å². The number of halogens is 1. The molecule has 6 aliphatic rings. The summed E-state index contributed by atoms with van der Waals surface area (Å²) in [5.41, 5.74) is 8.23. The van der Waals surface area contributed by atoms with Crippen LogP contribution in [0.4, 0.5) is 11.4 Å². The topological polar surface area (TPSA) is 147 Å². The van der Waals surface area contributed by atoms with Gasteiger partial charge < -0.3 is 29.6 Å². The number of methoxy groups -OCH3 is 1. The summed E-state index contributed by atoms with van der Waals surface area (Å²) in [6.45, 7) is 8.10. The van der Waals surface area contributed by atoms with Gasteiger partial charge in [-0.2, -0.15) is 0 Å². The van der Waals surface area contributed by atoms with Crippen LogP contribution < -0.4 is 10.6 Å². The molecule has 0 saturated heterocycles. The summed E-state index contributed by atoms with van der Waals surface area (Å²) in [6.07, 6.45) is 16.2. The van der Waals surface area contributed by atoms with Crippen molar-refractivity contribution in [1.82, 2.24) is 28.9 Å². The normalized spacial score (nSPS) is 27.0. The Kier molecular flexibility index (Phi) is 11.5. The Labute approximate surface area is 387 Å². The van der Waals surface area contributed by atoms with Gasteiger partial charge in [0.05, 0.1) is 34.1 Å². The van der Waals surface area contributed by atoms with Gasteiger partial charge in [-0.1, -0.05) is 35.9 Å². The van der Waals surface area contributed by atoms with Gasteiger partial charge in [0.2, 0.25) is 0 Å². The number of hydrogen-bond donors (Lipinski definition) is 3. The molecule has 14 heteroatoms. The van der Waals surface area contributed by atoms with Crippen molar-refractivity contribution in [1.29, 1.82) is 0 Å². The number of aromatic nitrogens is 4. The molecule has 4 aliphatic carbocycles. The Morgan fingerprint density at radius 3 is 1.86 bits per heavy atom. The zero-order valence-corrected chi connectivity index (χ0v) is 39.4. The van der Waals surface area contributed by atoms with E-state index in [1.165, 1.54) is 44.9 Å². The van der Waals surface area contributed by atoms with Crippen LogP contribution in [0.25, 0.3) is 11.1 Å². The van der Waals surface area contributed by atoms with E-state index in [0.29, 0.717) is 45.4 Å². The van der Waals surface area contributed by atoms with Crippen molar-refractivity contribution in [3.8, 4) is 11.1 Å². The molecule has 4 bridgehead atoms. The number of nitrogens with one attached hydrogen (secondary N) is 2. The first-order valence-corrected chi connectivity index (χ1v) is 24.4. The number of ether oxygens (including phenoxy) is 1. The maximum atomic E-state index is 13.9. The predicted molar refractivity (Wildman–Crippen MR) is 251 cm³/mol. The molecular weight excluding hydrogens is 840 g/mol. The van der Waals surface area contributed by atoms with Gasteiger partial charge in [-0.25, -0.2) is 9.97 Å². The van der Waals surface area contributed by atoms with E-state index in [9.17, 15) is 19.5 Å². The van der Waals surface area contributed by atoms with Crippen molar-refractivity contribution < 1.29 is 24.2 Å². The molecule has 4 saturated carbocycles. The van der Waals surface area contributed by atoms with Crippen LogP contribution >= 0.6 is 11.6 Å². The third kappa shape index (κ3) is 8.01. The SMILES string of the molecule is COCC12CCC(CCCN3CCc4c(nc(C(=O)Nc5cccc(-c6cccc(NC(=O)c7nc8c(n7C)CCN(CCC79CCC(C(=O)O)(CC7)C9)C8)c6C)c5Cl)n4C)C3)(CC1)C2. The van der Waals surface area contributed by atoms with Gasteiger partial charge in [0, 0.05) is 82.9 Å². The number of carboxylic acid groups (broad SMARTS) is 1. The van der Waals surface area contributed by atoms with Crippen molar-refractivity contribution >= 4 is 40.8 Å². The standard InChI is InChI=1S/C51H65ClN8O5/c1-33-34(8-5-10-36(33)55-45(61)43-54-39-29-60(26-13-41(39)57(43)2)27-23-49-19-21-51(31-49,22-20-49)47(63)64)35-9-6-11-37(42(35)52)56-46(62)44-53-38-28-59(25-12-40(38)58(44)3)24-7-14-48-15-17-50(30-48,18-16-48)32-65-4/h5-6,8-11H,7,12-32H2,1-4H3,(H,55,61)(H,56,62)(H,63,64). The van der Waals surface area contributed by atoms with Gasteiger partial charge >= 0.3 is 5.97 Å². The van der Waals surface area contributed by atoms with Crippen molar-refractivity contribution in [3.63, 3.8) is 0 Å². The van der Waals surface area contributed by atoms with E-state index in [2.05, 4.69) is 20.4 Å². The number of anilines is 2. The van der Waals surface area contributed by atoms with E-state index in [0.717, 1.165) is 130 Å². The third-order valence-corrected chi connectivity index (χ3v) is 17.7. The zero-order valence-electron chi connectivity index (χ0n) is 38.7. The summed E-state index contributed by atoms with van der Waals surface area (Å²) in [5, 5.41) is 16.5. The molecular formula is C51H65ClN8O5.